The van der Waals surface area contributed by atoms with E-state index in [1.807, 2.05) is 24.3 Å². The van der Waals surface area contributed by atoms with Gasteiger partial charge in [-0.2, -0.15) is 0 Å². The molecular formula is C61H60O3. The summed E-state index contributed by atoms with van der Waals surface area (Å²) < 4.78 is 12.3. The van der Waals surface area contributed by atoms with E-state index >= 15 is 0 Å². The van der Waals surface area contributed by atoms with Gasteiger partial charge in [-0.3, -0.25) is 0 Å². The molecule has 1 N–H and O–H groups in total. The smallest absolute Gasteiger partial charge is 0.122 e. The van der Waals surface area contributed by atoms with Crippen molar-refractivity contribution in [2.24, 2.45) is 0 Å². The van der Waals surface area contributed by atoms with Crippen molar-refractivity contribution in [3.8, 4) is 11.5 Å². The van der Waals surface area contributed by atoms with Crippen LogP contribution in [0.2, 0.25) is 0 Å². The molecule has 0 amide bonds. The lowest BCUT2D eigenvalue weighted by molar-refractivity contribution is 0.0626. The Hall–Kier alpha value is -6.68. The monoisotopic (exact) mass is 840 g/mol. The van der Waals surface area contributed by atoms with Gasteiger partial charge in [0.05, 0.1) is 0 Å². The highest BCUT2D eigenvalue weighted by molar-refractivity contribution is 5.49. The molecule has 64 heavy (non-hydrogen) atoms. The lowest BCUT2D eigenvalue weighted by Crippen LogP contribution is -2.25. The fourth-order valence-electron chi connectivity index (χ4n) is 8.93. The first-order valence-corrected chi connectivity index (χ1v) is 22.6. The Morgan fingerprint density at radius 1 is 0.266 bits per heavy atom. The lowest BCUT2D eigenvalue weighted by atomic mass is 9.73. The first-order valence-electron chi connectivity index (χ1n) is 22.6. The minimum absolute atomic E-state index is 0.0636. The lowest BCUT2D eigenvalue weighted by Gasteiger charge is -2.30. The summed E-state index contributed by atoms with van der Waals surface area (Å²) in [6.45, 7) is 13.0. The quantitative estimate of drug-likeness (QED) is 0.105. The molecule has 0 radical (unpaired) electrons. The van der Waals surface area contributed by atoms with E-state index in [-0.39, 0.29) is 36.9 Å². The Bertz CT molecular complexity index is 2400. The van der Waals surface area contributed by atoms with Crippen molar-refractivity contribution in [3.05, 3.63) is 272 Å². The zero-order chi connectivity index (χ0) is 44.6. The molecule has 2 unspecified atom stereocenters. The predicted molar refractivity (Wildman–Crippen MR) is 264 cm³/mol. The maximum absolute atomic E-state index is 11.1. The van der Waals surface area contributed by atoms with E-state index in [1.165, 1.54) is 77.9 Å². The van der Waals surface area contributed by atoms with Crippen LogP contribution in [0, 0.1) is 41.5 Å². The van der Waals surface area contributed by atoms with Crippen molar-refractivity contribution in [2.75, 3.05) is 13.2 Å². The number of aliphatic hydroxyl groups is 1. The minimum atomic E-state index is -0.820. The summed E-state index contributed by atoms with van der Waals surface area (Å²) in [7, 11) is 0. The fourth-order valence-corrected chi connectivity index (χ4v) is 8.93. The summed E-state index contributed by atoms with van der Waals surface area (Å²) in [4.78, 5) is 0. The maximum atomic E-state index is 11.1. The van der Waals surface area contributed by atoms with Crippen LogP contribution < -0.4 is 9.47 Å². The molecule has 0 fully saturated rings. The zero-order valence-electron chi connectivity index (χ0n) is 38.0. The predicted octanol–water partition coefficient (Wildman–Crippen LogP) is 14.3. The van der Waals surface area contributed by atoms with Gasteiger partial charge in [0.25, 0.3) is 0 Å². The average molecular weight is 841 g/mol. The molecule has 8 rings (SSSR count). The molecule has 0 saturated carbocycles. The zero-order valence-corrected chi connectivity index (χ0v) is 38.0. The van der Waals surface area contributed by atoms with Crippen molar-refractivity contribution >= 4 is 0 Å². The Balaban J connectivity index is 0.973. The second kappa shape index (κ2) is 20.2. The summed E-state index contributed by atoms with van der Waals surface area (Å²) in [6.07, 6.45) is -0.820. The van der Waals surface area contributed by atoms with Gasteiger partial charge in [-0.25, -0.2) is 0 Å². The Kier molecular flexibility index (Phi) is 13.9. The van der Waals surface area contributed by atoms with Gasteiger partial charge in [0.15, 0.2) is 0 Å². The number of aryl methyl sites for hydroxylation is 6. The van der Waals surface area contributed by atoms with Crippen LogP contribution in [-0.2, 0) is 0 Å². The van der Waals surface area contributed by atoms with E-state index in [0.717, 1.165) is 0 Å². The van der Waals surface area contributed by atoms with Crippen LogP contribution in [0.3, 0.4) is 0 Å². The first-order chi connectivity index (χ1) is 31.1. The highest BCUT2D eigenvalue weighted by Crippen LogP contribution is 2.45. The average Bonchev–Trinajstić information content (AvgIpc) is 3.31. The van der Waals surface area contributed by atoms with E-state index in [2.05, 4.69) is 211 Å². The van der Waals surface area contributed by atoms with Gasteiger partial charge in [0, 0.05) is 23.7 Å². The van der Waals surface area contributed by atoms with Gasteiger partial charge < -0.3 is 14.6 Å². The summed E-state index contributed by atoms with van der Waals surface area (Å²) >= 11 is 0. The van der Waals surface area contributed by atoms with E-state index in [4.69, 9.17) is 9.47 Å². The third kappa shape index (κ3) is 10.7. The van der Waals surface area contributed by atoms with Gasteiger partial charge >= 0.3 is 0 Å². The summed E-state index contributed by atoms with van der Waals surface area (Å²) in [5.74, 6) is 1.73. The molecule has 0 aliphatic rings. The van der Waals surface area contributed by atoms with Gasteiger partial charge in [-0.05, 0) is 110 Å². The number of aliphatic hydroxyl groups excluding tert-OH is 1. The third-order valence-corrected chi connectivity index (χ3v) is 12.6. The molecule has 0 aliphatic heterocycles. The summed E-state index contributed by atoms with van der Waals surface area (Å²) in [5.41, 5.74) is 17.5. The number of benzene rings is 8. The van der Waals surface area contributed by atoms with E-state index in [9.17, 15) is 5.11 Å². The molecule has 0 bridgehead atoms. The van der Waals surface area contributed by atoms with Gasteiger partial charge in [-0.1, -0.05) is 203 Å². The van der Waals surface area contributed by atoms with Crippen LogP contribution in [0.4, 0.5) is 0 Å². The van der Waals surface area contributed by atoms with Gasteiger partial charge in [-0.15, -0.1) is 0 Å². The molecule has 8 aromatic rings. The van der Waals surface area contributed by atoms with Crippen molar-refractivity contribution < 1.29 is 14.6 Å². The Labute approximate surface area is 381 Å². The highest BCUT2D eigenvalue weighted by atomic mass is 16.5. The number of rotatable bonds is 16. The third-order valence-electron chi connectivity index (χ3n) is 12.6. The van der Waals surface area contributed by atoms with Crippen molar-refractivity contribution in [1.29, 1.82) is 0 Å². The van der Waals surface area contributed by atoms with Gasteiger partial charge in [0.1, 0.15) is 30.8 Å². The largest absolute Gasteiger partial charge is 0.491 e. The minimum Gasteiger partial charge on any atom is -0.491 e. The molecule has 0 heterocycles. The topological polar surface area (TPSA) is 38.7 Å². The number of hydrogen-bond acceptors (Lipinski definition) is 3. The second-order valence-corrected chi connectivity index (χ2v) is 17.8. The van der Waals surface area contributed by atoms with Gasteiger partial charge in [0.2, 0.25) is 0 Å². The Morgan fingerprint density at radius 2 is 0.422 bits per heavy atom. The fraction of sp³-hybridized carbons (Fsp3) is 0.213. The molecule has 0 spiro atoms. The molecule has 8 aromatic carbocycles. The van der Waals surface area contributed by atoms with E-state index in [0.29, 0.717) is 11.5 Å². The first kappa shape index (κ1) is 43.9. The van der Waals surface area contributed by atoms with Crippen LogP contribution in [0.1, 0.15) is 102 Å². The molecule has 0 aliphatic carbocycles. The van der Waals surface area contributed by atoms with Crippen LogP contribution in [0.5, 0.6) is 11.5 Å². The molecule has 0 aromatic heterocycles. The molecule has 0 saturated heterocycles. The normalized spacial score (nSPS) is 12.8. The SMILES string of the molecule is Cc1ccc(C(c2ccc(C)cc2)C(c2ccc(C)cc2)c2ccc(OCC(O)COc3ccc(C(c4ccc(C)cc4)C(c4ccc(C)cc4)c4ccc(C)cc4)cc3)cc2)cc1. The van der Waals surface area contributed by atoms with Crippen molar-refractivity contribution in [2.45, 2.75) is 71.3 Å². The molecule has 322 valence electrons. The molecule has 3 nitrogen and oxygen atoms in total. The van der Waals surface area contributed by atoms with E-state index in [1.54, 1.807) is 0 Å². The number of hydrogen-bond donors (Lipinski definition) is 1. The standard InChI is InChI=1S/C61H60O3/c1-41-7-19-47(20-8-41)58(48-21-9-42(2)10-22-48)60(51-27-15-45(5)16-28-51)53-31-35-56(36-32-53)63-39-55(62)40-64-57-37-33-54(34-38-57)61(52-29-17-46(6)18-30-52)59(49-23-11-43(3)12-24-49)50-25-13-44(4)14-26-50/h7-38,55,58-62H,39-40H2,1-6H3. The summed E-state index contributed by atoms with van der Waals surface area (Å²) in [6, 6.07) is 70.5. The second-order valence-electron chi connectivity index (χ2n) is 17.8. The van der Waals surface area contributed by atoms with Crippen LogP contribution in [-0.4, -0.2) is 24.4 Å². The molecular weight excluding hydrogens is 781 g/mol. The molecule has 2 atom stereocenters. The van der Waals surface area contributed by atoms with Crippen LogP contribution in [0.25, 0.3) is 0 Å². The van der Waals surface area contributed by atoms with Crippen molar-refractivity contribution in [3.63, 3.8) is 0 Å². The molecule has 3 heteroatoms. The van der Waals surface area contributed by atoms with Crippen LogP contribution >= 0.6 is 0 Å². The maximum Gasteiger partial charge on any atom is 0.122 e. The summed E-state index contributed by atoms with van der Waals surface area (Å²) in [5, 5.41) is 11.1. The number of ether oxygens (including phenoxy) is 2. The Morgan fingerprint density at radius 3 is 0.594 bits per heavy atom. The van der Waals surface area contributed by atoms with Crippen molar-refractivity contribution in [1.82, 2.24) is 0 Å². The van der Waals surface area contributed by atoms with E-state index < -0.39 is 6.10 Å². The highest BCUT2D eigenvalue weighted by Gasteiger charge is 2.30. The van der Waals surface area contributed by atoms with Crippen LogP contribution in [0.15, 0.2) is 194 Å².